The fraction of sp³-hybridized carbons (Fsp3) is 0.419. The zero-order valence-corrected chi connectivity index (χ0v) is 22.5. The number of nitrogens with zero attached hydrogens (tertiary/aromatic N) is 2. The summed E-state index contributed by atoms with van der Waals surface area (Å²) in [4.78, 5) is 31.8. The summed E-state index contributed by atoms with van der Waals surface area (Å²) < 4.78 is 0. The summed E-state index contributed by atoms with van der Waals surface area (Å²) in [5, 5.41) is 5.01. The van der Waals surface area contributed by atoms with Crippen molar-refractivity contribution in [2.75, 3.05) is 36.4 Å². The molecular formula is C31H37N3O2S. The minimum Gasteiger partial charge on any atom is -0.371 e. The zero-order chi connectivity index (χ0) is 25.6. The van der Waals surface area contributed by atoms with Crippen LogP contribution in [0.1, 0.15) is 53.4 Å². The van der Waals surface area contributed by atoms with Gasteiger partial charge >= 0.3 is 0 Å². The van der Waals surface area contributed by atoms with Crippen LogP contribution in [0.5, 0.6) is 0 Å². The quantitative estimate of drug-likeness (QED) is 0.404. The first-order valence-electron chi connectivity index (χ1n) is 13.6. The zero-order valence-electron chi connectivity index (χ0n) is 21.7. The summed E-state index contributed by atoms with van der Waals surface area (Å²) in [6, 6.07) is 20.6. The van der Waals surface area contributed by atoms with E-state index >= 15 is 0 Å². The summed E-state index contributed by atoms with van der Waals surface area (Å²) >= 11 is 1.58. The lowest BCUT2D eigenvalue weighted by molar-refractivity contribution is -0.115. The number of carbonyl (C=O) groups is 2. The molecule has 3 heterocycles. The van der Waals surface area contributed by atoms with E-state index in [1.807, 2.05) is 40.6 Å². The molecule has 0 unspecified atom stereocenters. The summed E-state index contributed by atoms with van der Waals surface area (Å²) in [6.45, 7) is 5.75. The molecule has 2 aliphatic heterocycles. The van der Waals surface area contributed by atoms with Gasteiger partial charge in [-0.2, -0.15) is 0 Å². The Balaban J connectivity index is 1.31. The van der Waals surface area contributed by atoms with Crippen LogP contribution in [0.2, 0.25) is 0 Å². The fourth-order valence-corrected chi connectivity index (χ4v) is 6.25. The topological polar surface area (TPSA) is 52.7 Å². The number of rotatable bonds is 7. The average Bonchev–Trinajstić information content (AvgIpc) is 3.43. The predicted octanol–water partition coefficient (Wildman–Crippen LogP) is 6.26. The first-order valence-corrected chi connectivity index (χ1v) is 14.5. The van der Waals surface area contributed by atoms with Crippen molar-refractivity contribution in [1.82, 2.24) is 4.90 Å². The lowest BCUT2D eigenvalue weighted by atomic mass is 9.89. The number of thiophene rings is 1. The van der Waals surface area contributed by atoms with E-state index in [-0.39, 0.29) is 11.8 Å². The predicted molar refractivity (Wildman–Crippen MR) is 152 cm³/mol. The Hall–Kier alpha value is -3.12. The molecule has 0 spiro atoms. The molecule has 0 atom stereocenters. The summed E-state index contributed by atoms with van der Waals surface area (Å²) in [7, 11) is 0. The third-order valence-corrected chi connectivity index (χ3v) is 8.70. The maximum Gasteiger partial charge on any atom is 0.256 e. The van der Waals surface area contributed by atoms with E-state index < -0.39 is 0 Å². The van der Waals surface area contributed by atoms with Gasteiger partial charge in [0.2, 0.25) is 5.91 Å². The van der Waals surface area contributed by atoms with Crippen LogP contribution in [-0.2, 0) is 17.6 Å². The highest BCUT2D eigenvalue weighted by atomic mass is 32.1. The molecule has 0 radical (unpaired) electrons. The lowest BCUT2D eigenvalue weighted by Crippen LogP contribution is -2.40. The smallest absolute Gasteiger partial charge is 0.256 e. The van der Waals surface area contributed by atoms with Crippen LogP contribution >= 0.6 is 11.3 Å². The van der Waals surface area contributed by atoms with Crippen molar-refractivity contribution in [1.29, 1.82) is 0 Å². The largest absolute Gasteiger partial charge is 0.371 e. The van der Waals surface area contributed by atoms with Gasteiger partial charge in [-0.05, 0) is 79.1 Å². The third-order valence-electron chi connectivity index (χ3n) is 7.82. The Morgan fingerprint density at radius 1 is 0.919 bits per heavy atom. The summed E-state index contributed by atoms with van der Waals surface area (Å²) in [6.07, 6.45) is 5.78. The molecule has 5 nitrogen and oxygen atoms in total. The van der Waals surface area contributed by atoms with Crippen molar-refractivity contribution in [2.45, 2.75) is 45.4 Å². The van der Waals surface area contributed by atoms with Crippen molar-refractivity contribution in [2.24, 2.45) is 11.8 Å². The van der Waals surface area contributed by atoms with E-state index in [2.05, 4.69) is 47.5 Å². The Morgan fingerprint density at radius 2 is 1.68 bits per heavy atom. The standard InChI is InChI=1S/C31H37N3O2S/c1-23-11-15-34(16-12-23)31(36)28-21-26(32-30(35)22-27-8-5-19-37-27)9-10-29(28)33-17-13-25(14-18-33)20-24-6-3-2-4-7-24/h2-10,19,21,23,25H,11-18,20,22H2,1H3,(H,32,35). The molecule has 2 aliphatic rings. The van der Waals surface area contributed by atoms with E-state index in [0.29, 0.717) is 29.5 Å². The molecule has 194 valence electrons. The van der Waals surface area contributed by atoms with E-state index in [4.69, 9.17) is 0 Å². The highest BCUT2D eigenvalue weighted by Crippen LogP contribution is 2.32. The van der Waals surface area contributed by atoms with Gasteiger partial charge in [0.1, 0.15) is 0 Å². The van der Waals surface area contributed by atoms with Gasteiger partial charge in [-0.1, -0.05) is 43.3 Å². The van der Waals surface area contributed by atoms with Crippen LogP contribution in [-0.4, -0.2) is 42.9 Å². The number of benzene rings is 2. The molecule has 6 heteroatoms. The summed E-state index contributed by atoms with van der Waals surface area (Å²) in [5.74, 6) is 1.36. The van der Waals surface area contributed by atoms with Crippen LogP contribution in [0.15, 0.2) is 66.0 Å². The van der Waals surface area contributed by atoms with Gasteiger partial charge in [0.15, 0.2) is 0 Å². The molecule has 3 aromatic rings. The first kappa shape index (κ1) is 25.5. The highest BCUT2D eigenvalue weighted by Gasteiger charge is 2.27. The van der Waals surface area contributed by atoms with Gasteiger partial charge < -0.3 is 15.1 Å². The first-order chi connectivity index (χ1) is 18.0. The fourth-order valence-electron chi connectivity index (χ4n) is 5.54. The van der Waals surface area contributed by atoms with Crippen molar-refractivity contribution >= 4 is 34.5 Å². The number of likely N-dealkylation sites (tertiary alicyclic amines) is 1. The minimum atomic E-state index is -0.0536. The average molecular weight is 516 g/mol. The van der Waals surface area contributed by atoms with E-state index in [0.717, 1.165) is 68.8 Å². The molecule has 1 N–H and O–H groups in total. The number of piperidine rings is 2. The van der Waals surface area contributed by atoms with Crippen LogP contribution in [0.25, 0.3) is 0 Å². The third kappa shape index (κ3) is 6.61. The Labute approximate surface area is 224 Å². The molecule has 0 bridgehead atoms. The molecule has 2 saturated heterocycles. The maximum atomic E-state index is 13.8. The molecule has 2 amide bonds. The van der Waals surface area contributed by atoms with Crippen LogP contribution < -0.4 is 10.2 Å². The van der Waals surface area contributed by atoms with Gasteiger partial charge in [0, 0.05) is 42.4 Å². The second kappa shape index (κ2) is 12.0. The molecule has 2 aromatic carbocycles. The number of amides is 2. The normalized spacial score (nSPS) is 17.1. The second-order valence-electron chi connectivity index (χ2n) is 10.6. The molecule has 2 fully saturated rings. The van der Waals surface area contributed by atoms with E-state index in [9.17, 15) is 9.59 Å². The van der Waals surface area contributed by atoms with Gasteiger partial charge in [-0.25, -0.2) is 0 Å². The number of nitrogens with one attached hydrogen (secondary N) is 1. The molecule has 37 heavy (non-hydrogen) atoms. The molecule has 5 rings (SSSR count). The molecule has 0 saturated carbocycles. The van der Waals surface area contributed by atoms with Gasteiger partial charge in [0.05, 0.1) is 12.0 Å². The van der Waals surface area contributed by atoms with Crippen LogP contribution in [0.3, 0.4) is 0 Å². The van der Waals surface area contributed by atoms with Crippen molar-refractivity contribution in [3.05, 3.63) is 82.0 Å². The van der Waals surface area contributed by atoms with Gasteiger partial charge in [-0.15, -0.1) is 11.3 Å². The Morgan fingerprint density at radius 3 is 2.38 bits per heavy atom. The van der Waals surface area contributed by atoms with Crippen LogP contribution in [0, 0.1) is 11.8 Å². The number of anilines is 2. The number of hydrogen-bond acceptors (Lipinski definition) is 4. The maximum absolute atomic E-state index is 13.8. The second-order valence-corrected chi connectivity index (χ2v) is 11.7. The SMILES string of the molecule is CC1CCN(C(=O)c2cc(NC(=O)Cc3cccs3)ccc2N2CCC(Cc3ccccc3)CC2)CC1. The molecular weight excluding hydrogens is 478 g/mol. The lowest BCUT2D eigenvalue weighted by Gasteiger charge is -2.36. The van der Waals surface area contributed by atoms with Crippen molar-refractivity contribution in [3.8, 4) is 0 Å². The Bertz CT molecular complexity index is 1180. The molecule has 0 aliphatic carbocycles. The van der Waals surface area contributed by atoms with Gasteiger partial charge in [0.25, 0.3) is 5.91 Å². The minimum absolute atomic E-state index is 0.0536. The summed E-state index contributed by atoms with van der Waals surface area (Å²) in [5.41, 5.74) is 3.81. The van der Waals surface area contributed by atoms with Crippen LogP contribution in [0.4, 0.5) is 11.4 Å². The highest BCUT2D eigenvalue weighted by molar-refractivity contribution is 7.10. The van der Waals surface area contributed by atoms with E-state index in [1.54, 1.807) is 11.3 Å². The van der Waals surface area contributed by atoms with Crippen molar-refractivity contribution < 1.29 is 9.59 Å². The monoisotopic (exact) mass is 515 g/mol. The number of hydrogen-bond donors (Lipinski definition) is 1. The van der Waals surface area contributed by atoms with Gasteiger partial charge in [-0.3, -0.25) is 9.59 Å². The van der Waals surface area contributed by atoms with Crippen molar-refractivity contribution in [3.63, 3.8) is 0 Å². The Kier molecular flexibility index (Phi) is 8.24. The molecule has 1 aromatic heterocycles. The number of carbonyl (C=O) groups excluding carboxylic acids is 2. The van der Waals surface area contributed by atoms with E-state index in [1.165, 1.54) is 5.56 Å².